The number of primary sulfonamides is 1. The summed E-state index contributed by atoms with van der Waals surface area (Å²) in [6, 6.07) is 17.1. The molecule has 1 saturated carbocycles. The number of nitrogens with one attached hydrogen (secondary N) is 2. The normalized spacial score (nSPS) is 15.4. The minimum absolute atomic E-state index is 0. The standard InChI is InChI=1S/C20H26N4O2S.HI/c1-2-22-19(23-14-16-7-6-10-18(13-16)27(21,25)26)24-15-20(11-12-20)17-8-4-3-5-9-17;/h3-10,13H,2,11-12,14-15H2,1H3,(H2,21,25,26)(H2,22,23,24);1H. The molecular formula is C20H27IN4O2S. The molecule has 0 amide bonds. The summed E-state index contributed by atoms with van der Waals surface area (Å²) < 4.78 is 23.0. The molecule has 0 bridgehead atoms. The Kier molecular flexibility index (Phi) is 7.85. The second kappa shape index (κ2) is 9.71. The number of nitrogens with zero attached hydrogens (tertiary/aromatic N) is 1. The number of rotatable bonds is 7. The minimum atomic E-state index is -3.71. The fourth-order valence-corrected chi connectivity index (χ4v) is 3.68. The lowest BCUT2D eigenvalue weighted by molar-refractivity contribution is 0.597. The molecule has 1 aliphatic rings. The SMILES string of the molecule is CCNC(=NCc1cccc(S(N)(=O)=O)c1)NCC1(c2ccccc2)CC1.I. The van der Waals surface area contributed by atoms with Crippen molar-refractivity contribution in [1.29, 1.82) is 0 Å². The summed E-state index contributed by atoms with van der Waals surface area (Å²) in [5, 5.41) is 11.9. The van der Waals surface area contributed by atoms with Crippen LogP contribution in [0.25, 0.3) is 0 Å². The summed E-state index contributed by atoms with van der Waals surface area (Å²) in [4.78, 5) is 4.70. The average Bonchev–Trinajstić information content (AvgIpc) is 3.45. The van der Waals surface area contributed by atoms with Crippen molar-refractivity contribution in [3.05, 3.63) is 65.7 Å². The van der Waals surface area contributed by atoms with Crippen molar-refractivity contribution in [1.82, 2.24) is 10.6 Å². The molecule has 4 N–H and O–H groups in total. The Hall–Kier alpha value is -1.65. The van der Waals surface area contributed by atoms with E-state index in [4.69, 9.17) is 5.14 Å². The first-order chi connectivity index (χ1) is 12.9. The second-order valence-corrected chi connectivity index (χ2v) is 8.45. The van der Waals surface area contributed by atoms with E-state index in [1.54, 1.807) is 12.1 Å². The van der Waals surface area contributed by atoms with Gasteiger partial charge in [-0.25, -0.2) is 18.5 Å². The van der Waals surface area contributed by atoms with Gasteiger partial charge in [0.15, 0.2) is 5.96 Å². The van der Waals surface area contributed by atoms with Gasteiger partial charge in [-0.05, 0) is 43.0 Å². The highest BCUT2D eigenvalue weighted by Gasteiger charge is 2.43. The lowest BCUT2D eigenvalue weighted by atomic mass is 9.96. The van der Waals surface area contributed by atoms with E-state index < -0.39 is 10.0 Å². The van der Waals surface area contributed by atoms with Crippen LogP contribution in [0.5, 0.6) is 0 Å². The van der Waals surface area contributed by atoms with E-state index in [0.717, 1.165) is 24.6 Å². The zero-order valence-electron chi connectivity index (χ0n) is 15.9. The van der Waals surface area contributed by atoms with Crippen molar-refractivity contribution < 1.29 is 8.42 Å². The zero-order valence-corrected chi connectivity index (χ0v) is 19.0. The van der Waals surface area contributed by atoms with E-state index in [1.165, 1.54) is 24.5 Å². The number of hydrogen-bond donors (Lipinski definition) is 3. The summed E-state index contributed by atoms with van der Waals surface area (Å²) >= 11 is 0. The molecule has 28 heavy (non-hydrogen) atoms. The Morgan fingerprint density at radius 3 is 2.43 bits per heavy atom. The van der Waals surface area contributed by atoms with Gasteiger partial charge < -0.3 is 10.6 Å². The number of halogens is 1. The van der Waals surface area contributed by atoms with Crippen molar-refractivity contribution in [3.63, 3.8) is 0 Å². The molecule has 3 rings (SSSR count). The highest BCUT2D eigenvalue weighted by molar-refractivity contribution is 14.0. The third-order valence-corrected chi connectivity index (χ3v) is 5.74. The molecule has 2 aromatic carbocycles. The Morgan fingerprint density at radius 2 is 1.82 bits per heavy atom. The van der Waals surface area contributed by atoms with E-state index in [-0.39, 0.29) is 34.3 Å². The van der Waals surface area contributed by atoms with Gasteiger partial charge in [-0.1, -0.05) is 42.5 Å². The molecule has 0 radical (unpaired) electrons. The molecule has 0 saturated heterocycles. The lowest BCUT2D eigenvalue weighted by Gasteiger charge is -2.19. The van der Waals surface area contributed by atoms with Gasteiger partial charge in [0.2, 0.25) is 10.0 Å². The van der Waals surface area contributed by atoms with Gasteiger partial charge in [-0.3, -0.25) is 0 Å². The summed E-state index contributed by atoms with van der Waals surface area (Å²) in [5.41, 5.74) is 2.34. The molecule has 8 heteroatoms. The van der Waals surface area contributed by atoms with Crippen LogP contribution in [0.3, 0.4) is 0 Å². The lowest BCUT2D eigenvalue weighted by Crippen LogP contribution is -2.41. The Balaban J connectivity index is 0.00000280. The maximum atomic E-state index is 11.5. The molecule has 0 spiro atoms. The van der Waals surface area contributed by atoms with Gasteiger partial charge >= 0.3 is 0 Å². The van der Waals surface area contributed by atoms with Gasteiger partial charge in [0.25, 0.3) is 0 Å². The minimum Gasteiger partial charge on any atom is -0.357 e. The molecule has 1 aliphatic carbocycles. The second-order valence-electron chi connectivity index (χ2n) is 6.89. The number of aliphatic imine (C=N–C) groups is 1. The summed E-state index contributed by atoms with van der Waals surface area (Å²) in [7, 11) is -3.71. The summed E-state index contributed by atoms with van der Waals surface area (Å²) in [6.45, 7) is 3.96. The van der Waals surface area contributed by atoms with Crippen molar-refractivity contribution >= 4 is 40.0 Å². The predicted molar refractivity (Wildman–Crippen MR) is 123 cm³/mol. The molecule has 0 aromatic heterocycles. The molecular weight excluding hydrogens is 487 g/mol. The summed E-state index contributed by atoms with van der Waals surface area (Å²) in [6.07, 6.45) is 2.33. The maximum Gasteiger partial charge on any atom is 0.238 e. The largest absolute Gasteiger partial charge is 0.357 e. The number of nitrogens with two attached hydrogens (primary N) is 1. The number of guanidine groups is 1. The fraction of sp³-hybridized carbons (Fsp3) is 0.350. The number of benzene rings is 2. The molecule has 0 atom stereocenters. The van der Waals surface area contributed by atoms with Crippen LogP contribution >= 0.6 is 24.0 Å². The van der Waals surface area contributed by atoms with Crippen LogP contribution in [0.2, 0.25) is 0 Å². The van der Waals surface area contributed by atoms with Crippen LogP contribution in [-0.2, 0) is 22.0 Å². The summed E-state index contributed by atoms with van der Waals surface area (Å²) in [5.74, 6) is 0.723. The van der Waals surface area contributed by atoms with E-state index in [2.05, 4.69) is 39.9 Å². The van der Waals surface area contributed by atoms with Crippen molar-refractivity contribution in [2.75, 3.05) is 13.1 Å². The fourth-order valence-electron chi connectivity index (χ4n) is 3.10. The number of sulfonamides is 1. The van der Waals surface area contributed by atoms with Crippen molar-refractivity contribution in [3.8, 4) is 0 Å². The first kappa shape index (κ1) is 22.6. The van der Waals surface area contributed by atoms with Crippen molar-refractivity contribution in [2.24, 2.45) is 10.1 Å². The van der Waals surface area contributed by atoms with E-state index in [9.17, 15) is 8.42 Å². The van der Waals surface area contributed by atoms with Crippen LogP contribution in [0, 0.1) is 0 Å². The van der Waals surface area contributed by atoms with Crippen LogP contribution in [0.15, 0.2) is 64.5 Å². The van der Waals surface area contributed by atoms with E-state index in [1.807, 2.05) is 19.1 Å². The van der Waals surface area contributed by atoms with Crippen molar-refractivity contribution in [2.45, 2.75) is 36.6 Å². The quantitative estimate of drug-likeness (QED) is 0.301. The Bertz CT molecular complexity index is 913. The first-order valence-corrected chi connectivity index (χ1v) is 10.7. The smallest absolute Gasteiger partial charge is 0.238 e. The monoisotopic (exact) mass is 514 g/mol. The maximum absolute atomic E-state index is 11.5. The van der Waals surface area contributed by atoms with Crippen LogP contribution in [-0.4, -0.2) is 27.5 Å². The van der Waals surface area contributed by atoms with Gasteiger partial charge in [-0.2, -0.15) is 0 Å². The topological polar surface area (TPSA) is 96.6 Å². The Labute approximate surface area is 184 Å². The van der Waals surface area contributed by atoms with Crippen LogP contribution < -0.4 is 15.8 Å². The molecule has 0 aliphatic heterocycles. The van der Waals surface area contributed by atoms with Gasteiger partial charge in [-0.15, -0.1) is 24.0 Å². The van der Waals surface area contributed by atoms with E-state index in [0.29, 0.717) is 6.54 Å². The molecule has 6 nitrogen and oxygen atoms in total. The van der Waals surface area contributed by atoms with Crippen LogP contribution in [0.1, 0.15) is 30.9 Å². The molecule has 1 fully saturated rings. The zero-order chi connectivity index (χ0) is 19.3. The highest BCUT2D eigenvalue weighted by Crippen LogP contribution is 2.47. The first-order valence-electron chi connectivity index (χ1n) is 9.12. The van der Waals surface area contributed by atoms with Gasteiger partial charge in [0, 0.05) is 18.5 Å². The third-order valence-electron chi connectivity index (χ3n) is 4.82. The number of hydrogen-bond acceptors (Lipinski definition) is 3. The van der Waals surface area contributed by atoms with Crippen LogP contribution in [0.4, 0.5) is 0 Å². The highest BCUT2D eigenvalue weighted by atomic mass is 127. The Morgan fingerprint density at radius 1 is 1.11 bits per heavy atom. The van der Waals surface area contributed by atoms with Gasteiger partial charge in [0.1, 0.15) is 0 Å². The average molecular weight is 514 g/mol. The predicted octanol–water partition coefficient (Wildman–Crippen LogP) is 2.74. The van der Waals surface area contributed by atoms with Gasteiger partial charge in [0.05, 0.1) is 11.4 Å². The molecule has 2 aromatic rings. The molecule has 0 unspecified atom stereocenters. The third kappa shape index (κ3) is 5.92. The molecule has 152 valence electrons. The molecule has 0 heterocycles. The van der Waals surface area contributed by atoms with E-state index >= 15 is 0 Å².